The Labute approximate surface area is 213 Å². The number of nitro groups is 1. The number of hydrogen-bond acceptors (Lipinski definition) is 9. The molecule has 1 N–H and O–H groups in total. The number of rotatable bonds is 9. The van der Waals surface area contributed by atoms with Crippen LogP contribution in [0.3, 0.4) is 0 Å². The summed E-state index contributed by atoms with van der Waals surface area (Å²) < 4.78 is 5.49. The van der Waals surface area contributed by atoms with Crippen LogP contribution in [-0.2, 0) is 6.42 Å². The standard InChI is InChI=1S/C25H20N4O3S3/c1-32-22-6-3-2-5-18(22)20-14-35-25(28-20)27-19(13-16-8-10-17(11-9-16)29(30)31)21-15-34-24(26-21)23-7-4-12-33-23/h2-12,14-15,19H,13H2,1H3,(H,27,28). The number of anilines is 1. The fourth-order valence-electron chi connectivity index (χ4n) is 3.65. The van der Waals surface area contributed by atoms with Crippen LogP contribution in [0.2, 0.25) is 0 Å². The van der Waals surface area contributed by atoms with Gasteiger partial charge in [-0.15, -0.1) is 34.0 Å². The molecule has 35 heavy (non-hydrogen) atoms. The second-order valence-corrected chi connectivity index (χ2v) is 10.3. The molecule has 2 aromatic carbocycles. The third-order valence-corrected chi connectivity index (χ3v) is 8.06. The third kappa shape index (κ3) is 5.24. The van der Waals surface area contributed by atoms with E-state index in [1.807, 2.05) is 41.1 Å². The van der Waals surface area contributed by atoms with Gasteiger partial charge in [0.2, 0.25) is 0 Å². The number of methoxy groups -OCH3 is 1. The van der Waals surface area contributed by atoms with Crippen molar-refractivity contribution in [3.05, 3.63) is 98.2 Å². The molecule has 0 spiro atoms. The number of nitrogens with zero attached hydrogens (tertiary/aromatic N) is 3. The molecule has 7 nitrogen and oxygen atoms in total. The molecule has 0 aliphatic rings. The SMILES string of the molecule is COc1ccccc1-c1csc(NC(Cc2ccc([N+](=O)[O-])cc2)c2csc(-c3cccs3)n2)n1. The van der Waals surface area contributed by atoms with Gasteiger partial charge in [-0.2, -0.15) is 0 Å². The highest BCUT2D eigenvalue weighted by Crippen LogP contribution is 2.35. The van der Waals surface area contributed by atoms with E-state index in [1.54, 1.807) is 41.9 Å². The second kappa shape index (κ2) is 10.3. The highest BCUT2D eigenvalue weighted by atomic mass is 32.1. The molecule has 3 heterocycles. The molecular weight excluding hydrogens is 501 g/mol. The van der Waals surface area contributed by atoms with Crippen molar-refractivity contribution in [3.63, 3.8) is 0 Å². The van der Waals surface area contributed by atoms with Crippen molar-refractivity contribution in [1.82, 2.24) is 9.97 Å². The molecule has 0 radical (unpaired) electrons. The smallest absolute Gasteiger partial charge is 0.269 e. The Kier molecular flexibility index (Phi) is 6.84. The molecule has 0 aliphatic heterocycles. The number of nitrogens with one attached hydrogen (secondary N) is 1. The maximum Gasteiger partial charge on any atom is 0.269 e. The van der Waals surface area contributed by atoms with Crippen LogP contribution in [0.4, 0.5) is 10.8 Å². The zero-order valence-corrected chi connectivity index (χ0v) is 21.0. The van der Waals surface area contributed by atoms with Gasteiger partial charge < -0.3 is 10.1 Å². The van der Waals surface area contributed by atoms with Crippen molar-refractivity contribution in [1.29, 1.82) is 0 Å². The molecule has 10 heteroatoms. The van der Waals surface area contributed by atoms with Crippen molar-refractivity contribution in [2.45, 2.75) is 12.5 Å². The van der Waals surface area contributed by atoms with E-state index < -0.39 is 0 Å². The minimum atomic E-state index is -0.387. The highest BCUT2D eigenvalue weighted by molar-refractivity contribution is 7.20. The van der Waals surface area contributed by atoms with Gasteiger partial charge >= 0.3 is 0 Å². The lowest BCUT2D eigenvalue weighted by atomic mass is 10.0. The number of non-ortho nitro benzene ring substituents is 1. The zero-order chi connectivity index (χ0) is 24.2. The number of thiazole rings is 2. The van der Waals surface area contributed by atoms with Crippen LogP contribution in [0.1, 0.15) is 17.3 Å². The van der Waals surface area contributed by atoms with Crippen LogP contribution >= 0.6 is 34.0 Å². The maximum atomic E-state index is 11.0. The van der Waals surface area contributed by atoms with E-state index in [1.165, 1.54) is 23.5 Å². The molecule has 0 aliphatic carbocycles. The predicted molar refractivity (Wildman–Crippen MR) is 143 cm³/mol. The Morgan fingerprint density at radius 1 is 1.00 bits per heavy atom. The average Bonchev–Trinajstić information content (AvgIpc) is 3.66. The summed E-state index contributed by atoms with van der Waals surface area (Å²) in [5, 5.41) is 22.4. The molecule has 0 fully saturated rings. The summed E-state index contributed by atoms with van der Waals surface area (Å²) >= 11 is 4.78. The largest absolute Gasteiger partial charge is 0.496 e. The number of para-hydroxylation sites is 1. The molecular formula is C25H20N4O3S3. The summed E-state index contributed by atoms with van der Waals surface area (Å²) in [5.41, 5.74) is 3.72. The van der Waals surface area contributed by atoms with E-state index in [2.05, 4.69) is 16.8 Å². The van der Waals surface area contributed by atoms with Gasteiger partial charge in [-0.05, 0) is 35.6 Å². The first-order valence-electron chi connectivity index (χ1n) is 10.7. The number of aromatic nitrogens is 2. The Hall–Kier alpha value is -3.60. The first-order valence-corrected chi connectivity index (χ1v) is 13.3. The monoisotopic (exact) mass is 520 g/mol. The Morgan fingerprint density at radius 3 is 2.57 bits per heavy atom. The van der Waals surface area contributed by atoms with Gasteiger partial charge in [-0.1, -0.05) is 30.3 Å². The fourth-order valence-corrected chi connectivity index (χ4v) is 6.10. The van der Waals surface area contributed by atoms with Crippen LogP contribution in [0.5, 0.6) is 5.75 Å². The van der Waals surface area contributed by atoms with Crippen molar-refractivity contribution in [2.75, 3.05) is 12.4 Å². The molecule has 1 unspecified atom stereocenters. The second-order valence-electron chi connectivity index (χ2n) is 7.62. The quantitative estimate of drug-likeness (QED) is 0.162. The van der Waals surface area contributed by atoms with Gasteiger partial charge in [0.1, 0.15) is 10.8 Å². The number of thiophene rings is 1. The summed E-state index contributed by atoms with van der Waals surface area (Å²) in [5.74, 6) is 0.770. The van der Waals surface area contributed by atoms with Gasteiger partial charge in [-0.25, -0.2) is 9.97 Å². The third-order valence-electron chi connectivity index (χ3n) is 5.38. The molecule has 3 aromatic heterocycles. The van der Waals surface area contributed by atoms with Crippen LogP contribution < -0.4 is 10.1 Å². The number of nitro benzene ring substituents is 1. The van der Waals surface area contributed by atoms with E-state index >= 15 is 0 Å². The zero-order valence-electron chi connectivity index (χ0n) is 18.6. The lowest BCUT2D eigenvalue weighted by molar-refractivity contribution is -0.384. The predicted octanol–water partition coefficient (Wildman–Crippen LogP) is 7.31. The molecule has 0 amide bonds. The summed E-state index contributed by atoms with van der Waals surface area (Å²) in [6, 6.07) is 18.4. The Morgan fingerprint density at radius 2 is 1.83 bits per heavy atom. The van der Waals surface area contributed by atoms with Crippen molar-refractivity contribution in [3.8, 4) is 26.9 Å². The molecule has 5 rings (SSSR count). The minimum Gasteiger partial charge on any atom is -0.496 e. The van der Waals surface area contributed by atoms with Gasteiger partial charge in [-0.3, -0.25) is 10.1 Å². The first-order chi connectivity index (χ1) is 17.1. The molecule has 0 bridgehead atoms. The average molecular weight is 521 g/mol. The van der Waals surface area contributed by atoms with E-state index in [4.69, 9.17) is 14.7 Å². The summed E-state index contributed by atoms with van der Waals surface area (Å²) in [4.78, 5) is 21.5. The number of benzene rings is 2. The lowest BCUT2D eigenvalue weighted by Gasteiger charge is -2.16. The highest BCUT2D eigenvalue weighted by Gasteiger charge is 2.20. The van der Waals surface area contributed by atoms with Crippen molar-refractivity contribution >= 4 is 44.8 Å². The van der Waals surface area contributed by atoms with Gasteiger partial charge in [0.05, 0.1) is 34.3 Å². The van der Waals surface area contributed by atoms with Crippen LogP contribution in [0.15, 0.2) is 76.8 Å². The first kappa shape index (κ1) is 23.2. The van der Waals surface area contributed by atoms with Gasteiger partial charge in [0.15, 0.2) is 5.13 Å². The number of hydrogen-bond donors (Lipinski definition) is 1. The van der Waals surface area contributed by atoms with E-state index in [0.29, 0.717) is 6.42 Å². The number of ether oxygens (including phenoxy) is 1. The Bertz CT molecular complexity index is 1430. The fraction of sp³-hybridized carbons (Fsp3) is 0.120. The Balaban J connectivity index is 1.43. The van der Waals surface area contributed by atoms with Gasteiger partial charge in [0, 0.05) is 28.5 Å². The summed E-state index contributed by atoms with van der Waals surface area (Å²) in [6.07, 6.45) is 0.606. The van der Waals surface area contributed by atoms with Crippen molar-refractivity contribution in [2.24, 2.45) is 0 Å². The summed E-state index contributed by atoms with van der Waals surface area (Å²) in [6.45, 7) is 0. The molecule has 0 saturated carbocycles. The lowest BCUT2D eigenvalue weighted by Crippen LogP contribution is -2.14. The van der Waals surface area contributed by atoms with E-state index in [0.717, 1.165) is 43.3 Å². The van der Waals surface area contributed by atoms with Gasteiger partial charge in [0.25, 0.3) is 5.69 Å². The minimum absolute atomic E-state index is 0.0771. The topological polar surface area (TPSA) is 90.2 Å². The molecule has 0 saturated heterocycles. The van der Waals surface area contributed by atoms with Crippen LogP contribution in [-0.4, -0.2) is 22.0 Å². The molecule has 176 valence electrons. The molecule has 5 aromatic rings. The maximum absolute atomic E-state index is 11.0. The van der Waals surface area contributed by atoms with Crippen LogP contribution in [0, 0.1) is 10.1 Å². The van der Waals surface area contributed by atoms with E-state index in [9.17, 15) is 10.1 Å². The van der Waals surface area contributed by atoms with E-state index in [-0.39, 0.29) is 16.7 Å². The van der Waals surface area contributed by atoms with Crippen molar-refractivity contribution < 1.29 is 9.66 Å². The van der Waals surface area contributed by atoms with Crippen LogP contribution in [0.25, 0.3) is 21.1 Å². The normalized spacial score (nSPS) is 11.8. The molecule has 1 atom stereocenters. The summed E-state index contributed by atoms with van der Waals surface area (Å²) in [7, 11) is 1.65.